The number of ether oxygens (including phenoxy) is 1. The summed E-state index contributed by atoms with van der Waals surface area (Å²) in [7, 11) is 0. The number of carbonyl (C=O) groups excluding carboxylic acids is 1. The molecule has 0 aromatic carbocycles. The Morgan fingerprint density at radius 1 is 1.45 bits per heavy atom. The molecule has 0 bridgehead atoms. The normalized spacial score (nSPS) is 18.6. The summed E-state index contributed by atoms with van der Waals surface area (Å²) in [5.74, 6) is -0.0614. The molecular formula is C14H24N4O2. The molecule has 0 spiro atoms. The van der Waals surface area contributed by atoms with E-state index in [1.54, 1.807) is 0 Å². The van der Waals surface area contributed by atoms with Gasteiger partial charge in [-0.05, 0) is 12.8 Å². The number of nitrogens with two attached hydrogens (primary N) is 1. The Bertz CT molecular complexity index is 438. The van der Waals surface area contributed by atoms with Gasteiger partial charge in [0.1, 0.15) is 0 Å². The van der Waals surface area contributed by atoms with E-state index in [-0.39, 0.29) is 12.3 Å². The van der Waals surface area contributed by atoms with E-state index in [0.717, 1.165) is 37.4 Å². The fourth-order valence-corrected chi connectivity index (χ4v) is 2.70. The molecule has 112 valence electrons. The van der Waals surface area contributed by atoms with Gasteiger partial charge in [0, 0.05) is 19.1 Å². The SMILES string of the molecule is CCCCCCn1nnc(CC(N)=O)c1C1CCOC1. The second kappa shape index (κ2) is 7.38. The number of carbonyl (C=O) groups is 1. The molecule has 0 saturated carbocycles. The summed E-state index contributed by atoms with van der Waals surface area (Å²) in [6.07, 6.45) is 5.88. The Morgan fingerprint density at radius 3 is 2.95 bits per heavy atom. The number of unbranched alkanes of at least 4 members (excludes halogenated alkanes) is 3. The molecular weight excluding hydrogens is 256 g/mol. The number of hydrogen-bond donors (Lipinski definition) is 1. The predicted molar refractivity (Wildman–Crippen MR) is 75.2 cm³/mol. The summed E-state index contributed by atoms with van der Waals surface area (Å²) >= 11 is 0. The lowest BCUT2D eigenvalue weighted by molar-refractivity contribution is -0.117. The monoisotopic (exact) mass is 280 g/mol. The van der Waals surface area contributed by atoms with Crippen LogP contribution in [0.1, 0.15) is 56.3 Å². The van der Waals surface area contributed by atoms with Crippen LogP contribution in [0.15, 0.2) is 0 Å². The molecule has 2 N–H and O–H groups in total. The van der Waals surface area contributed by atoms with Crippen LogP contribution >= 0.6 is 0 Å². The van der Waals surface area contributed by atoms with Crippen LogP contribution < -0.4 is 5.73 Å². The lowest BCUT2D eigenvalue weighted by Gasteiger charge is -2.12. The van der Waals surface area contributed by atoms with Crippen molar-refractivity contribution in [1.82, 2.24) is 15.0 Å². The minimum Gasteiger partial charge on any atom is -0.381 e. The second-order valence-corrected chi connectivity index (χ2v) is 5.41. The zero-order valence-corrected chi connectivity index (χ0v) is 12.2. The van der Waals surface area contributed by atoms with Gasteiger partial charge in [-0.2, -0.15) is 0 Å². The number of amides is 1. The molecule has 1 amide bonds. The zero-order chi connectivity index (χ0) is 14.4. The highest BCUT2D eigenvalue weighted by molar-refractivity contribution is 5.76. The number of hydrogen-bond acceptors (Lipinski definition) is 4. The maximum Gasteiger partial charge on any atom is 0.223 e. The van der Waals surface area contributed by atoms with E-state index in [1.165, 1.54) is 19.3 Å². The van der Waals surface area contributed by atoms with Crippen molar-refractivity contribution in [3.05, 3.63) is 11.4 Å². The summed E-state index contributed by atoms with van der Waals surface area (Å²) < 4.78 is 7.41. The number of aryl methyl sites for hydroxylation is 1. The molecule has 2 heterocycles. The van der Waals surface area contributed by atoms with Gasteiger partial charge in [-0.25, -0.2) is 4.68 Å². The van der Waals surface area contributed by atoms with Crippen molar-refractivity contribution in [3.63, 3.8) is 0 Å². The molecule has 0 radical (unpaired) electrons. The Morgan fingerprint density at radius 2 is 2.30 bits per heavy atom. The second-order valence-electron chi connectivity index (χ2n) is 5.41. The Labute approximate surface area is 119 Å². The van der Waals surface area contributed by atoms with Gasteiger partial charge in [-0.15, -0.1) is 5.10 Å². The molecule has 6 nitrogen and oxygen atoms in total. The quantitative estimate of drug-likeness (QED) is 0.729. The maximum absolute atomic E-state index is 11.2. The van der Waals surface area contributed by atoms with E-state index in [2.05, 4.69) is 17.2 Å². The summed E-state index contributed by atoms with van der Waals surface area (Å²) in [5, 5.41) is 8.37. The minimum absolute atomic E-state index is 0.167. The van der Waals surface area contributed by atoms with E-state index >= 15 is 0 Å². The number of primary amides is 1. The van der Waals surface area contributed by atoms with Crippen molar-refractivity contribution in [1.29, 1.82) is 0 Å². The Hall–Kier alpha value is -1.43. The molecule has 1 atom stereocenters. The van der Waals surface area contributed by atoms with E-state index in [4.69, 9.17) is 10.5 Å². The number of aromatic nitrogens is 3. The number of nitrogens with zero attached hydrogens (tertiary/aromatic N) is 3. The molecule has 0 aliphatic carbocycles. The van der Waals surface area contributed by atoms with Crippen molar-refractivity contribution >= 4 is 5.91 Å². The van der Waals surface area contributed by atoms with Crippen LogP contribution in [0.3, 0.4) is 0 Å². The smallest absolute Gasteiger partial charge is 0.223 e. The van der Waals surface area contributed by atoms with Crippen LogP contribution in [0.25, 0.3) is 0 Å². The van der Waals surface area contributed by atoms with Crippen LogP contribution in [0.2, 0.25) is 0 Å². The van der Waals surface area contributed by atoms with Crippen molar-refractivity contribution in [2.45, 2.75) is 57.9 Å². The van der Waals surface area contributed by atoms with Gasteiger partial charge in [0.05, 0.1) is 24.4 Å². The fourth-order valence-electron chi connectivity index (χ4n) is 2.70. The van der Waals surface area contributed by atoms with Gasteiger partial charge in [-0.1, -0.05) is 31.4 Å². The van der Waals surface area contributed by atoms with Gasteiger partial charge in [0.25, 0.3) is 0 Å². The predicted octanol–water partition coefficient (Wildman–Crippen LogP) is 1.39. The lowest BCUT2D eigenvalue weighted by atomic mass is 10.0. The molecule has 1 saturated heterocycles. The highest BCUT2D eigenvalue weighted by Crippen LogP contribution is 2.27. The average molecular weight is 280 g/mol. The summed E-state index contributed by atoms with van der Waals surface area (Å²) in [5.41, 5.74) is 7.07. The van der Waals surface area contributed by atoms with Crippen LogP contribution in [0, 0.1) is 0 Å². The highest BCUT2D eigenvalue weighted by atomic mass is 16.5. The Balaban J connectivity index is 2.09. The van der Waals surface area contributed by atoms with Crippen molar-refractivity contribution < 1.29 is 9.53 Å². The fraction of sp³-hybridized carbons (Fsp3) is 0.786. The molecule has 20 heavy (non-hydrogen) atoms. The molecule has 1 unspecified atom stereocenters. The largest absolute Gasteiger partial charge is 0.381 e. The zero-order valence-electron chi connectivity index (χ0n) is 12.2. The van der Waals surface area contributed by atoms with Crippen molar-refractivity contribution in [2.24, 2.45) is 5.73 Å². The summed E-state index contributed by atoms with van der Waals surface area (Å²) in [6.45, 7) is 4.51. The van der Waals surface area contributed by atoms with Crippen LogP contribution in [-0.4, -0.2) is 34.1 Å². The van der Waals surface area contributed by atoms with Crippen LogP contribution in [0.5, 0.6) is 0 Å². The first kappa shape index (κ1) is 15.0. The van der Waals surface area contributed by atoms with Crippen LogP contribution in [-0.2, 0) is 22.5 Å². The molecule has 6 heteroatoms. The first-order valence-electron chi connectivity index (χ1n) is 7.50. The first-order valence-corrected chi connectivity index (χ1v) is 7.50. The van der Waals surface area contributed by atoms with Gasteiger partial charge in [0.15, 0.2) is 0 Å². The van der Waals surface area contributed by atoms with Gasteiger partial charge in [-0.3, -0.25) is 4.79 Å². The standard InChI is InChI=1S/C14H24N4O2/c1-2-3-4-5-7-18-14(11-6-8-20-10-11)12(16-17-18)9-13(15)19/h11H,2-10H2,1H3,(H2,15,19). The average Bonchev–Trinajstić information content (AvgIpc) is 3.03. The van der Waals surface area contributed by atoms with Gasteiger partial charge < -0.3 is 10.5 Å². The first-order chi connectivity index (χ1) is 9.72. The lowest BCUT2D eigenvalue weighted by Crippen LogP contribution is -2.17. The van der Waals surface area contributed by atoms with Crippen molar-refractivity contribution in [2.75, 3.05) is 13.2 Å². The van der Waals surface area contributed by atoms with E-state index in [0.29, 0.717) is 12.5 Å². The minimum atomic E-state index is -0.358. The third kappa shape index (κ3) is 3.79. The third-order valence-corrected chi connectivity index (χ3v) is 3.73. The maximum atomic E-state index is 11.2. The highest BCUT2D eigenvalue weighted by Gasteiger charge is 2.26. The molecule has 1 aromatic heterocycles. The Kier molecular flexibility index (Phi) is 5.52. The van der Waals surface area contributed by atoms with E-state index in [9.17, 15) is 4.79 Å². The molecule has 1 aromatic rings. The molecule has 1 fully saturated rings. The topological polar surface area (TPSA) is 83.0 Å². The van der Waals surface area contributed by atoms with Gasteiger partial charge in [0.2, 0.25) is 5.91 Å². The van der Waals surface area contributed by atoms with Crippen molar-refractivity contribution in [3.8, 4) is 0 Å². The van der Waals surface area contributed by atoms with E-state index < -0.39 is 0 Å². The number of rotatable bonds is 8. The van der Waals surface area contributed by atoms with E-state index in [1.807, 2.05) is 4.68 Å². The summed E-state index contributed by atoms with van der Waals surface area (Å²) in [4.78, 5) is 11.2. The molecule has 2 rings (SSSR count). The summed E-state index contributed by atoms with van der Waals surface area (Å²) in [6, 6.07) is 0. The van der Waals surface area contributed by atoms with Crippen LogP contribution in [0.4, 0.5) is 0 Å². The van der Waals surface area contributed by atoms with Gasteiger partial charge >= 0.3 is 0 Å². The molecule has 1 aliphatic heterocycles. The molecule has 1 aliphatic rings. The third-order valence-electron chi connectivity index (χ3n) is 3.73.